The van der Waals surface area contributed by atoms with Crippen LogP contribution in [0.15, 0.2) is 36.9 Å². The van der Waals surface area contributed by atoms with E-state index in [1.807, 2.05) is 36.1 Å². The highest BCUT2D eigenvalue weighted by Gasteiger charge is 2.31. The molecule has 8 nitrogen and oxygen atoms in total. The van der Waals surface area contributed by atoms with E-state index in [0.29, 0.717) is 31.2 Å². The number of rotatable bonds is 6. The van der Waals surface area contributed by atoms with Crippen molar-refractivity contribution in [1.82, 2.24) is 29.9 Å². The molecule has 1 aromatic heterocycles. The van der Waals surface area contributed by atoms with Crippen LogP contribution in [0.1, 0.15) is 35.7 Å². The normalized spacial score (nSPS) is 18.7. The Morgan fingerprint density at radius 2 is 1.86 bits per heavy atom. The molecule has 2 aromatic rings. The summed E-state index contributed by atoms with van der Waals surface area (Å²) >= 11 is 0. The molecule has 1 saturated carbocycles. The van der Waals surface area contributed by atoms with E-state index in [1.165, 1.54) is 6.33 Å². The molecule has 1 unspecified atom stereocenters. The van der Waals surface area contributed by atoms with Gasteiger partial charge in [0.05, 0.1) is 12.6 Å². The molecule has 0 radical (unpaired) electrons. The fraction of sp³-hybridized carbons (Fsp3) is 0.500. The van der Waals surface area contributed by atoms with E-state index in [4.69, 9.17) is 0 Å². The van der Waals surface area contributed by atoms with Crippen molar-refractivity contribution in [3.8, 4) is 0 Å². The van der Waals surface area contributed by atoms with Gasteiger partial charge in [-0.3, -0.25) is 14.5 Å². The molecule has 1 aliphatic heterocycles. The minimum atomic E-state index is -0.145. The molecule has 0 spiro atoms. The van der Waals surface area contributed by atoms with Gasteiger partial charge in [-0.05, 0) is 37.5 Å². The number of hydrogen-bond donors (Lipinski definition) is 1. The Labute approximate surface area is 164 Å². The third kappa shape index (κ3) is 4.39. The highest BCUT2D eigenvalue weighted by Crippen LogP contribution is 2.19. The van der Waals surface area contributed by atoms with Crippen LogP contribution >= 0.6 is 0 Å². The zero-order valence-electron chi connectivity index (χ0n) is 16.1. The van der Waals surface area contributed by atoms with Gasteiger partial charge < -0.3 is 10.2 Å². The third-order valence-electron chi connectivity index (χ3n) is 5.46. The van der Waals surface area contributed by atoms with Gasteiger partial charge in [-0.2, -0.15) is 5.10 Å². The Hall–Kier alpha value is -2.74. The van der Waals surface area contributed by atoms with Crippen molar-refractivity contribution in [2.75, 3.05) is 26.2 Å². The van der Waals surface area contributed by atoms with E-state index in [0.717, 1.165) is 31.5 Å². The Kier molecular flexibility index (Phi) is 5.38. The van der Waals surface area contributed by atoms with Gasteiger partial charge in [-0.1, -0.05) is 12.1 Å². The molecule has 4 rings (SSSR count). The van der Waals surface area contributed by atoms with Crippen LogP contribution in [0.3, 0.4) is 0 Å². The summed E-state index contributed by atoms with van der Waals surface area (Å²) in [6.07, 6.45) is 5.37. The van der Waals surface area contributed by atoms with Crippen LogP contribution < -0.4 is 5.32 Å². The van der Waals surface area contributed by atoms with Crippen LogP contribution in [0, 0.1) is 0 Å². The van der Waals surface area contributed by atoms with Crippen molar-refractivity contribution < 1.29 is 9.59 Å². The van der Waals surface area contributed by atoms with Gasteiger partial charge in [0.2, 0.25) is 5.91 Å². The number of benzene rings is 1. The van der Waals surface area contributed by atoms with E-state index >= 15 is 0 Å². The van der Waals surface area contributed by atoms with Gasteiger partial charge in [-0.15, -0.1) is 0 Å². The lowest BCUT2D eigenvalue weighted by atomic mass is 10.1. The molecule has 8 heteroatoms. The summed E-state index contributed by atoms with van der Waals surface area (Å²) in [6.45, 7) is 5.29. The lowest BCUT2D eigenvalue weighted by Gasteiger charge is -2.37. The van der Waals surface area contributed by atoms with Crippen molar-refractivity contribution in [3.05, 3.63) is 48.0 Å². The molecular weight excluding hydrogens is 356 g/mol. The molecule has 2 heterocycles. The summed E-state index contributed by atoms with van der Waals surface area (Å²) in [5.74, 6) is 0.146. The second kappa shape index (κ2) is 8.10. The summed E-state index contributed by atoms with van der Waals surface area (Å²) in [6, 6.07) is 7.88. The summed E-state index contributed by atoms with van der Waals surface area (Å²) in [7, 11) is 0. The molecule has 1 aromatic carbocycles. The topological polar surface area (TPSA) is 83.4 Å². The maximum Gasteiger partial charge on any atom is 0.253 e. The molecule has 2 aliphatic rings. The van der Waals surface area contributed by atoms with Crippen LogP contribution in [-0.2, 0) is 11.3 Å². The van der Waals surface area contributed by atoms with E-state index in [9.17, 15) is 9.59 Å². The molecule has 1 aliphatic carbocycles. The van der Waals surface area contributed by atoms with Crippen molar-refractivity contribution >= 4 is 11.8 Å². The largest absolute Gasteiger partial charge is 0.352 e. The highest BCUT2D eigenvalue weighted by atomic mass is 16.2. The quantitative estimate of drug-likeness (QED) is 0.797. The molecule has 2 amide bonds. The van der Waals surface area contributed by atoms with Crippen molar-refractivity contribution in [3.63, 3.8) is 0 Å². The smallest absolute Gasteiger partial charge is 0.253 e. The van der Waals surface area contributed by atoms with Crippen LogP contribution in [-0.4, -0.2) is 74.6 Å². The van der Waals surface area contributed by atoms with Gasteiger partial charge in [0.15, 0.2) is 0 Å². The number of nitrogens with one attached hydrogen (secondary N) is 1. The number of nitrogens with zero attached hydrogens (tertiary/aromatic N) is 5. The SMILES string of the molecule is CC(C(=O)NC1CC1)N1CCN(C(=O)c2ccc(Cn3cncn3)cc2)CC1. The van der Waals surface area contributed by atoms with Crippen LogP contribution in [0.2, 0.25) is 0 Å². The van der Waals surface area contributed by atoms with E-state index < -0.39 is 0 Å². The second-order valence-electron chi connectivity index (χ2n) is 7.58. The lowest BCUT2D eigenvalue weighted by Crippen LogP contribution is -2.55. The zero-order chi connectivity index (χ0) is 19.5. The minimum Gasteiger partial charge on any atom is -0.352 e. The first-order chi connectivity index (χ1) is 13.6. The zero-order valence-corrected chi connectivity index (χ0v) is 16.1. The Morgan fingerprint density at radius 1 is 1.14 bits per heavy atom. The first-order valence-electron chi connectivity index (χ1n) is 9.85. The van der Waals surface area contributed by atoms with Crippen molar-refractivity contribution in [2.45, 2.75) is 38.4 Å². The molecule has 1 atom stereocenters. The van der Waals surface area contributed by atoms with Crippen LogP contribution in [0.4, 0.5) is 0 Å². The lowest BCUT2D eigenvalue weighted by molar-refractivity contribution is -0.126. The van der Waals surface area contributed by atoms with Gasteiger partial charge in [0.25, 0.3) is 5.91 Å². The van der Waals surface area contributed by atoms with Gasteiger partial charge in [-0.25, -0.2) is 9.67 Å². The molecule has 28 heavy (non-hydrogen) atoms. The molecule has 1 N–H and O–H groups in total. The number of amides is 2. The van der Waals surface area contributed by atoms with E-state index in [-0.39, 0.29) is 17.9 Å². The van der Waals surface area contributed by atoms with Crippen LogP contribution in [0.5, 0.6) is 0 Å². The number of piperazine rings is 1. The molecule has 148 valence electrons. The van der Waals surface area contributed by atoms with Crippen LogP contribution in [0.25, 0.3) is 0 Å². The Bertz CT molecular complexity index is 808. The fourth-order valence-electron chi connectivity index (χ4n) is 3.46. The second-order valence-corrected chi connectivity index (χ2v) is 7.58. The summed E-state index contributed by atoms with van der Waals surface area (Å²) < 4.78 is 1.75. The molecule has 0 bridgehead atoms. The molecule has 1 saturated heterocycles. The summed E-state index contributed by atoms with van der Waals surface area (Å²) in [5.41, 5.74) is 1.76. The number of hydrogen-bond acceptors (Lipinski definition) is 5. The first kappa shape index (κ1) is 18.6. The van der Waals surface area contributed by atoms with Gasteiger partial charge in [0.1, 0.15) is 12.7 Å². The number of carbonyl (C=O) groups is 2. The molecule has 2 fully saturated rings. The standard InChI is InChI=1S/C20H26N6O2/c1-15(19(27)23-18-6-7-18)24-8-10-25(11-9-24)20(28)17-4-2-16(3-5-17)12-26-14-21-13-22-26/h2-5,13-15,18H,6-12H2,1H3,(H,23,27). The van der Waals surface area contributed by atoms with Gasteiger partial charge >= 0.3 is 0 Å². The Morgan fingerprint density at radius 3 is 2.46 bits per heavy atom. The fourth-order valence-corrected chi connectivity index (χ4v) is 3.46. The summed E-state index contributed by atoms with van der Waals surface area (Å²) in [4.78, 5) is 33.0. The van der Waals surface area contributed by atoms with E-state index in [2.05, 4.69) is 20.3 Å². The average molecular weight is 382 g/mol. The monoisotopic (exact) mass is 382 g/mol. The maximum atomic E-state index is 12.8. The minimum absolute atomic E-state index is 0.0436. The van der Waals surface area contributed by atoms with E-state index in [1.54, 1.807) is 11.0 Å². The Balaban J connectivity index is 1.29. The van der Waals surface area contributed by atoms with Crippen molar-refractivity contribution in [2.24, 2.45) is 0 Å². The molecular formula is C20H26N6O2. The maximum absolute atomic E-state index is 12.8. The highest BCUT2D eigenvalue weighted by molar-refractivity contribution is 5.94. The predicted molar refractivity (Wildman–Crippen MR) is 104 cm³/mol. The van der Waals surface area contributed by atoms with Gasteiger partial charge in [0, 0.05) is 37.8 Å². The average Bonchev–Trinajstić information content (AvgIpc) is 3.39. The van der Waals surface area contributed by atoms with Crippen molar-refractivity contribution in [1.29, 1.82) is 0 Å². The first-order valence-corrected chi connectivity index (χ1v) is 9.85. The number of aromatic nitrogens is 3. The number of carbonyl (C=O) groups excluding carboxylic acids is 2. The third-order valence-corrected chi connectivity index (χ3v) is 5.46. The summed E-state index contributed by atoms with van der Waals surface area (Å²) in [5, 5.41) is 7.15. The predicted octanol–water partition coefficient (Wildman–Crippen LogP) is 0.751.